The fraction of sp³-hybridized carbons (Fsp3) is 0.318. The van der Waals surface area contributed by atoms with Gasteiger partial charge in [0.1, 0.15) is 11.5 Å². The molecule has 0 aromatic heterocycles. The Morgan fingerprint density at radius 2 is 1.44 bits per heavy atom. The summed E-state index contributed by atoms with van der Waals surface area (Å²) in [5, 5.41) is 25.5. The minimum Gasteiger partial charge on any atom is -0.497 e. The number of rotatable bonds is 7. The number of hydrogen-bond acceptors (Lipinski definition) is 8. The molecule has 2 aromatic rings. The minimum absolute atomic E-state index is 0.00861. The van der Waals surface area contributed by atoms with Gasteiger partial charge in [-0.05, 0) is 29.8 Å². The van der Waals surface area contributed by atoms with Crippen LogP contribution in [0, 0.1) is 10.1 Å². The number of non-ortho nitro benzene ring substituents is 1. The summed E-state index contributed by atoms with van der Waals surface area (Å²) in [6.45, 7) is 3.50. The minimum atomic E-state index is -1.82. The fourth-order valence-corrected chi connectivity index (χ4v) is 3.04. The maximum atomic E-state index is 12.4. The summed E-state index contributed by atoms with van der Waals surface area (Å²) in [4.78, 5) is 44.9. The highest BCUT2D eigenvalue weighted by molar-refractivity contribution is 6.27. The van der Waals surface area contributed by atoms with Crippen LogP contribution in [0.5, 0.6) is 11.5 Å². The van der Waals surface area contributed by atoms with Crippen molar-refractivity contribution in [1.29, 1.82) is 0 Å². The Balaban J connectivity index is 0.000000604. The number of ether oxygens (including phenoxy) is 2. The van der Waals surface area contributed by atoms with Crippen LogP contribution in [0.15, 0.2) is 48.5 Å². The summed E-state index contributed by atoms with van der Waals surface area (Å²) >= 11 is 0. The first-order valence-electron chi connectivity index (χ1n) is 10.2. The molecule has 1 aliphatic heterocycles. The zero-order valence-corrected chi connectivity index (χ0v) is 18.5. The Labute approximate surface area is 195 Å². The van der Waals surface area contributed by atoms with Crippen molar-refractivity contribution in [3.63, 3.8) is 0 Å². The highest BCUT2D eigenvalue weighted by Gasteiger charge is 2.21. The quantitative estimate of drug-likeness (QED) is 0.341. The summed E-state index contributed by atoms with van der Waals surface area (Å²) in [5.41, 5.74) is 1.12. The Morgan fingerprint density at radius 1 is 0.912 bits per heavy atom. The first-order chi connectivity index (χ1) is 16.2. The predicted molar refractivity (Wildman–Crippen MR) is 119 cm³/mol. The topological polar surface area (TPSA) is 160 Å². The maximum Gasteiger partial charge on any atom is 0.414 e. The molecule has 0 spiro atoms. The van der Waals surface area contributed by atoms with Gasteiger partial charge in [0.05, 0.1) is 12.0 Å². The number of nitro benzene ring substituents is 1. The van der Waals surface area contributed by atoms with E-state index in [1.807, 2.05) is 0 Å². The van der Waals surface area contributed by atoms with Gasteiger partial charge in [-0.15, -0.1) is 0 Å². The third-order valence-corrected chi connectivity index (χ3v) is 4.88. The van der Waals surface area contributed by atoms with Crippen molar-refractivity contribution in [2.45, 2.75) is 6.54 Å². The maximum absolute atomic E-state index is 12.4. The van der Waals surface area contributed by atoms with Gasteiger partial charge in [-0.2, -0.15) is 0 Å². The number of aliphatic carboxylic acids is 2. The van der Waals surface area contributed by atoms with Crippen LogP contribution in [0.25, 0.3) is 0 Å². The second-order valence-corrected chi connectivity index (χ2v) is 7.16. The molecule has 1 heterocycles. The smallest absolute Gasteiger partial charge is 0.414 e. The van der Waals surface area contributed by atoms with Crippen molar-refractivity contribution in [2.75, 3.05) is 39.9 Å². The second-order valence-electron chi connectivity index (χ2n) is 7.16. The lowest BCUT2D eigenvalue weighted by molar-refractivity contribution is -0.384. The number of carboxylic acid groups (broad SMARTS) is 2. The molecule has 1 amide bonds. The molecular weight excluding hydrogens is 450 g/mol. The van der Waals surface area contributed by atoms with Crippen molar-refractivity contribution in [3.05, 3.63) is 64.2 Å². The van der Waals surface area contributed by atoms with E-state index < -0.39 is 16.9 Å². The number of hydrogen-bond donors (Lipinski definition) is 2. The van der Waals surface area contributed by atoms with Gasteiger partial charge in [-0.25, -0.2) is 9.59 Å². The summed E-state index contributed by atoms with van der Waals surface area (Å²) in [7, 11) is 1.60. The summed E-state index contributed by atoms with van der Waals surface area (Å²) in [6.07, 6.45) is 0. The van der Waals surface area contributed by atoms with Crippen LogP contribution in [0.3, 0.4) is 0 Å². The van der Waals surface area contributed by atoms with Crippen LogP contribution in [0.1, 0.15) is 5.56 Å². The fourth-order valence-electron chi connectivity index (χ4n) is 3.04. The molecule has 0 unspecified atom stereocenters. The lowest BCUT2D eigenvalue weighted by Gasteiger charge is -2.34. The van der Waals surface area contributed by atoms with Gasteiger partial charge >= 0.3 is 11.9 Å². The number of carbonyl (C=O) groups is 3. The van der Waals surface area contributed by atoms with Gasteiger partial charge in [0.15, 0.2) is 6.61 Å². The van der Waals surface area contributed by atoms with Crippen molar-refractivity contribution in [3.8, 4) is 11.5 Å². The molecule has 2 N–H and O–H groups in total. The van der Waals surface area contributed by atoms with E-state index in [0.717, 1.165) is 24.4 Å². The normalized spacial score (nSPS) is 13.3. The highest BCUT2D eigenvalue weighted by atomic mass is 16.6. The third kappa shape index (κ3) is 8.39. The van der Waals surface area contributed by atoms with Crippen LogP contribution < -0.4 is 9.47 Å². The Kier molecular flexibility index (Phi) is 9.77. The second kappa shape index (κ2) is 12.7. The van der Waals surface area contributed by atoms with E-state index in [9.17, 15) is 14.9 Å². The van der Waals surface area contributed by atoms with Gasteiger partial charge in [-0.1, -0.05) is 12.1 Å². The molecule has 0 aliphatic carbocycles. The molecule has 34 heavy (non-hydrogen) atoms. The first kappa shape index (κ1) is 26.1. The average Bonchev–Trinajstić information content (AvgIpc) is 2.84. The monoisotopic (exact) mass is 475 g/mol. The van der Waals surface area contributed by atoms with E-state index in [1.165, 1.54) is 12.1 Å². The van der Waals surface area contributed by atoms with Crippen LogP contribution in [0.4, 0.5) is 5.69 Å². The molecule has 12 nitrogen and oxygen atoms in total. The van der Waals surface area contributed by atoms with Gasteiger partial charge in [-0.3, -0.25) is 19.8 Å². The Hall–Kier alpha value is -4.19. The number of carboxylic acids is 2. The molecule has 0 radical (unpaired) electrons. The van der Waals surface area contributed by atoms with Crippen molar-refractivity contribution < 1.29 is 39.0 Å². The molecular formula is C22H25N3O9. The van der Waals surface area contributed by atoms with Crippen LogP contribution >= 0.6 is 0 Å². The molecule has 1 aliphatic rings. The van der Waals surface area contributed by atoms with Crippen LogP contribution in [-0.4, -0.2) is 82.7 Å². The molecule has 1 saturated heterocycles. The molecule has 1 fully saturated rings. The third-order valence-electron chi connectivity index (χ3n) is 4.88. The largest absolute Gasteiger partial charge is 0.497 e. The lowest BCUT2D eigenvalue weighted by atomic mass is 10.2. The number of carbonyl (C=O) groups excluding carboxylic acids is 1. The van der Waals surface area contributed by atoms with E-state index in [2.05, 4.69) is 4.90 Å². The lowest BCUT2D eigenvalue weighted by Crippen LogP contribution is -2.49. The number of piperazine rings is 1. The SMILES string of the molecule is COc1ccc(OCC(=O)N2CCN(Cc3ccc([N+](=O)[O-])cc3)CC2)cc1.O=C(O)C(=O)O. The van der Waals surface area contributed by atoms with Crippen LogP contribution in [-0.2, 0) is 20.9 Å². The van der Waals surface area contributed by atoms with Gasteiger partial charge in [0.25, 0.3) is 11.6 Å². The number of amides is 1. The van der Waals surface area contributed by atoms with Gasteiger partial charge in [0.2, 0.25) is 0 Å². The highest BCUT2D eigenvalue weighted by Crippen LogP contribution is 2.17. The molecule has 3 rings (SSSR count). The van der Waals surface area contributed by atoms with Crippen molar-refractivity contribution >= 4 is 23.5 Å². The average molecular weight is 475 g/mol. The van der Waals surface area contributed by atoms with E-state index in [4.69, 9.17) is 29.3 Å². The summed E-state index contributed by atoms with van der Waals surface area (Å²) < 4.78 is 10.7. The number of methoxy groups -OCH3 is 1. The molecule has 2 aromatic carbocycles. The van der Waals surface area contributed by atoms with Gasteiger partial charge < -0.3 is 24.6 Å². The Morgan fingerprint density at radius 3 is 1.91 bits per heavy atom. The van der Waals surface area contributed by atoms with Gasteiger partial charge in [0, 0.05) is 44.9 Å². The first-order valence-corrected chi connectivity index (χ1v) is 10.2. The zero-order valence-electron chi connectivity index (χ0n) is 18.5. The summed E-state index contributed by atoms with van der Waals surface area (Å²) in [6, 6.07) is 13.7. The number of nitrogens with zero attached hydrogens (tertiary/aromatic N) is 3. The molecule has 0 bridgehead atoms. The molecule has 12 heteroatoms. The Bertz CT molecular complexity index is 974. The standard InChI is InChI=1S/C20H23N3O5.C2H2O4/c1-27-18-6-8-19(9-7-18)28-15-20(24)22-12-10-21(11-13-22)14-16-2-4-17(5-3-16)23(25)26;3-1(4)2(5)6/h2-9H,10-15H2,1H3;(H,3,4)(H,5,6). The van der Waals surface area contributed by atoms with E-state index >= 15 is 0 Å². The predicted octanol–water partition coefficient (Wildman–Crippen LogP) is 1.48. The molecule has 0 atom stereocenters. The van der Waals surface area contributed by atoms with E-state index in [1.54, 1.807) is 48.4 Å². The van der Waals surface area contributed by atoms with E-state index in [0.29, 0.717) is 25.4 Å². The number of benzene rings is 2. The van der Waals surface area contributed by atoms with Crippen LogP contribution in [0.2, 0.25) is 0 Å². The molecule has 0 saturated carbocycles. The van der Waals surface area contributed by atoms with Crippen molar-refractivity contribution in [1.82, 2.24) is 9.80 Å². The number of nitro groups is 1. The summed E-state index contributed by atoms with van der Waals surface area (Å²) in [5.74, 6) is -2.32. The van der Waals surface area contributed by atoms with Crippen molar-refractivity contribution in [2.24, 2.45) is 0 Å². The van der Waals surface area contributed by atoms with E-state index in [-0.39, 0.29) is 18.2 Å². The molecule has 182 valence electrons. The zero-order chi connectivity index (χ0) is 25.1.